The molecular weight excluding hydrogens is 404 g/mol. The van der Waals surface area contributed by atoms with E-state index in [2.05, 4.69) is 10.4 Å². The molecule has 0 unspecified atom stereocenters. The van der Waals surface area contributed by atoms with Crippen molar-refractivity contribution in [3.63, 3.8) is 0 Å². The molecule has 0 atom stereocenters. The lowest BCUT2D eigenvalue weighted by atomic mass is 10.1. The summed E-state index contributed by atoms with van der Waals surface area (Å²) in [5.74, 6) is 0.915. The summed E-state index contributed by atoms with van der Waals surface area (Å²) in [4.78, 5) is 18.3. The molecule has 0 spiro atoms. The zero-order valence-corrected chi connectivity index (χ0v) is 18.8. The molecule has 0 saturated heterocycles. The first-order chi connectivity index (χ1) is 15.4. The number of rotatable bonds is 6. The normalized spacial score (nSPS) is 11.1. The number of benzene rings is 2. The number of ether oxygens (including phenoxy) is 2. The number of methoxy groups -OCH3 is 2. The summed E-state index contributed by atoms with van der Waals surface area (Å²) in [5, 5.41) is 8.21. The predicted octanol–water partition coefficient (Wildman–Crippen LogP) is 5.26. The number of carbonyl (C=O) groups excluding carboxylic acids is 1. The van der Waals surface area contributed by atoms with Crippen molar-refractivity contribution < 1.29 is 14.3 Å². The number of aromatic nitrogens is 3. The molecule has 164 valence electrons. The average Bonchev–Trinajstić information content (AvgIpc) is 3.24. The van der Waals surface area contributed by atoms with Gasteiger partial charge in [0.25, 0.3) is 5.91 Å². The minimum Gasteiger partial charge on any atom is -0.493 e. The van der Waals surface area contributed by atoms with Crippen LogP contribution in [0.2, 0.25) is 0 Å². The van der Waals surface area contributed by atoms with Crippen LogP contribution in [0.1, 0.15) is 35.8 Å². The third kappa shape index (κ3) is 3.89. The van der Waals surface area contributed by atoms with E-state index in [0.717, 1.165) is 16.8 Å². The van der Waals surface area contributed by atoms with Gasteiger partial charge in [0, 0.05) is 23.4 Å². The molecule has 2 aromatic heterocycles. The number of nitrogens with one attached hydrogen (secondary N) is 1. The first-order valence-electron chi connectivity index (χ1n) is 10.4. The number of fused-ring (bicyclic) bond motifs is 1. The van der Waals surface area contributed by atoms with Crippen molar-refractivity contribution in [2.75, 3.05) is 19.5 Å². The van der Waals surface area contributed by atoms with Crippen LogP contribution in [0.25, 0.3) is 22.3 Å². The third-order valence-corrected chi connectivity index (χ3v) is 5.35. The fraction of sp³-hybridized carbons (Fsp3) is 0.240. The topological polar surface area (TPSA) is 78.3 Å². The van der Waals surface area contributed by atoms with Gasteiger partial charge in [0.15, 0.2) is 17.1 Å². The number of amides is 1. The second-order valence-electron chi connectivity index (χ2n) is 7.82. The van der Waals surface area contributed by atoms with Crippen molar-refractivity contribution in [2.24, 2.45) is 0 Å². The Morgan fingerprint density at radius 2 is 1.72 bits per heavy atom. The molecule has 1 N–H and O–H groups in total. The highest BCUT2D eigenvalue weighted by Crippen LogP contribution is 2.34. The molecule has 0 fully saturated rings. The lowest BCUT2D eigenvalue weighted by Crippen LogP contribution is -2.14. The van der Waals surface area contributed by atoms with Crippen LogP contribution in [0.15, 0.2) is 54.7 Å². The van der Waals surface area contributed by atoms with Crippen LogP contribution < -0.4 is 14.8 Å². The maximum absolute atomic E-state index is 13.4. The van der Waals surface area contributed by atoms with Crippen LogP contribution in [-0.2, 0) is 0 Å². The number of pyridine rings is 1. The van der Waals surface area contributed by atoms with Crippen LogP contribution in [-0.4, -0.2) is 34.9 Å². The van der Waals surface area contributed by atoms with Gasteiger partial charge < -0.3 is 14.8 Å². The van der Waals surface area contributed by atoms with E-state index in [-0.39, 0.29) is 11.9 Å². The van der Waals surface area contributed by atoms with Gasteiger partial charge in [-0.1, -0.05) is 30.3 Å². The Hall–Kier alpha value is -3.87. The molecule has 0 saturated carbocycles. The summed E-state index contributed by atoms with van der Waals surface area (Å²) in [7, 11) is 3.15. The van der Waals surface area contributed by atoms with E-state index in [1.807, 2.05) is 67.9 Å². The van der Waals surface area contributed by atoms with E-state index in [4.69, 9.17) is 14.5 Å². The van der Waals surface area contributed by atoms with Gasteiger partial charge in [-0.15, -0.1) is 0 Å². The number of nitrogens with zero attached hydrogens (tertiary/aromatic N) is 3. The monoisotopic (exact) mass is 430 g/mol. The predicted molar refractivity (Wildman–Crippen MR) is 126 cm³/mol. The van der Waals surface area contributed by atoms with E-state index >= 15 is 0 Å². The van der Waals surface area contributed by atoms with Crippen LogP contribution in [0, 0.1) is 6.92 Å². The first kappa shape index (κ1) is 21.4. The van der Waals surface area contributed by atoms with Crippen LogP contribution in [0.3, 0.4) is 0 Å². The van der Waals surface area contributed by atoms with Gasteiger partial charge in [-0.05, 0) is 38.5 Å². The average molecular weight is 431 g/mol. The fourth-order valence-corrected chi connectivity index (χ4v) is 3.65. The molecular formula is C25H26N4O3. The van der Waals surface area contributed by atoms with Gasteiger partial charge >= 0.3 is 0 Å². The summed E-state index contributed by atoms with van der Waals surface area (Å²) < 4.78 is 12.6. The van der Waals surface area contributed by atoms with E-state index in [0.29, 0.717) is 33.8 Å². The highest BCUT2D eigenvalue weighted by molar-refractivity contribution is 6.13. The summed E-state index contributed by atoms with van der Waals surface area (Å²) in [6.07, 6.45) is 1.70. The minimum absolute atomic E-state index is 0.107. The molecule has 0 bridgehead atoms. The molecule has 2 aromatic carbocycles. The molecule has 7 nitrogen and oxygen atoms in total. The van der Waals surface area contributed by atoms with Crippen LogP contribution in [0.5, 0.6) is 11.5 Å². The highest BCUT2D eigenvalue weighted by atomic mass is 16.5. The van der Waals surface area contributed by atoms with Gasteiger partial charge in [0.1, 0.15) is 0 Å². The molecule has 32 heavy (non-hydrogen) atoms. The van der Waals surface area contributed by atoms with Crippen molar-refractivity contribution in [1.82, 2.24) is 14.8 Å². The van der Waals surface area contributed by atoms with Crippen molar-refractivity contribution in [3.8, 4) is 22.8 Å². The Labute approximate surface area is 187 Å². The molecule has 4 rings (SSSR count). The Balaban J connectivity index is 1.82. The number of aryl methyl sites for hydroxylation is 1. The lowest BCUT2D eigenvalue weighted by molar-refractivity contribution is 0.102. The molecule has 1 amide bonds. The Morgan fingerprint density at radius 1 is 1.03 bits per heavy atom. The van der Waals surface area contributed by atoms with Gasteiger partial charge in [-0.3, -0.25) is 4.79 Å². The second kappa shape index (κ2) is 8.70. The highest BCUT2D eigenvalue weighted by Gasteiger charge is 2.20. The number of hydrogen-bond donors (Lipinski definition) is 1. The number of carbonyl (C=O) groups is 1. The molecule has 7 heteroatoms. The zero-order valence-electron chi connectivity index (χ0n) is 18.8. The van der Waals surface area contributed by atoms with Crippen molar-refractivity contribution in [1.29, 1.82) is 0 Å². The van der Waals surface area contributed by atoms with Crippen LogP contribution in [0.4, 0.5) is 5.69 Å². The molecule has 0 radical (unpaired) electrons. The fourth-order valence-electron chi connectivity index (χ4n) is 3.65. The van der Waals surface area contributed by atoms with Crippen molar-refractivity contribution in [2.45, 2.75) is 26.8 Å². The molecule has 4 aromatic rings. The third-order valence-electron chi connectivity index (χ3n) is 5.35. The van der Waals surface area contributed by atoms with E-state index in [9.17, 15) is 4.79 Å². The molecule has 0 aliphatic carbocycles. The largest absolute Gasteiger partial charge is 0.493 e. The SMILES string of the molecule is COc1cc(C)c(NC(=O)c2cc(-c3ccccc3)nc3c2cnn3C(C)C)cc1OC. The molecule has 0 aliphatic heterocycles. The number of anilines is 1. The second-order valence-corrected chi connectivity index (χ2v) is 7.82. The van der Waals surface area contributed by atoms with Crippen molar-refractivity contribution >= 4 is 22.6 Å². The van der Waals surface area contributed by atoms with E-state index in [1.165, 1.54) is 0 Å². The van der Waals surface area contributed by atoms with Gasteiger partial charge in [-0.25, -0.2) is 9.67 Å². The van der Waals surface area contributed by atoms with E-state index in [1.54, 1.807) is 26.5 Å². The summed E-state index contributed by atoms with van der Waals surface area (Å²) in [5.41, 5.74) is 4.35. The Bertz CT molecular complexity index is 1280. The van der Waals surface area contributed by atoms with Gasteiger partial charge in [0.05, 0.1) is 37.1 Å². The van der Waals surface area contributed by atoms with Gasteiger partial charge in [0.2, 0.25) is 0 Å². The quantitative estimate of drug-likeness (QED) is 0.452. The minimum atomic E-state index is -0.242. The Morgan fingerprint density at radius 3 is 2.38 bits per heavy atom. The first-order valence-corrected chi connectivity index (χ1v) is 10.4. The van der Waals surface area contributed by atoms with E-state index < -0.39 is 0 Å². The van der Waals surface area contributed by atoms with Crippen LogP contribution >= 0.6 is 0 Å². The smallest absolute Gasteiger partial charge is 0.256 e. The van der Waals surface area contributed by atoms with Gasteiger partial charge in [-0.2, -0.15) is 5.10 Å². The molecule has 2 heterocycles. The summed E-state index contributed by atoms with van der Waals surface area (Å²) in [6, 6.07) is 15.3. The summed E-state index contributed by atoms with van der Waals surface area (Å²) >= 11 is 0. The maximum Gasteiger partial charge on any atom is 0.256 e. The van der Waals surface area contributed by atoms with Crippen molar-refractivity contribution in [3.05, 3.63) is 65.9 Å². The lowest BCUT2D eigenvalue weighted by Gasteiger charge is -2.15. The Kier molecular flexibility index (Phi) is 5.81. The zero-order chi connectivity index (χ0) is 22.8. The maximum atomic E-state index is 13.4. The standard InChI is InChI=1S/C25H26N4O3/c1-15(2)29-24-19(14-26-29)18(12-21(27-24)17-9-7-6-8-10-17)25(30)28-20-13-23(32-5)22(31-4)11-16(20)3/h6-15H,1-5H3,(H,28,30). The number of hydrogen-bond acceptors (Lipinski definition) is 5. The summed E-state index contributed by atoms with van der Waals surface area (Å²) in [6.45, 7) is 5.98. The molecule has 0 aliphatic rings.